The van der Waals surface area contributed by atoms with Crippen molar-refractivity contribution in [2.75, 3.05) is 0 Å². The summed E-state index contributed by atoms with van der Waals surface area (Å²) in [5.74, 6) is 1.78. The summed E-state index contributed by atoms with van der Waals surface area (Å²) < 4.78 is 15.6. The van der Waals surface area contributed by atoms with Gasteiger partial charge in [0.15, 0.2) is 4.34 Å². The van der Waals surface area contributed by atoms with Gasteiger partial charge in [-0.05, 0) is 37.6 Å². The van der Waals surface area contributed by atoms with Crippen molar-refractivity contribution < 1.29 is 4.39 Å². The van der Waals surface area contributed by atoms with Gasteiger partial charge in [-0.25, -0.2) is 13.9 Å². The van der Waals surface area contributed by atoms with Gasteiger partial charge in [0.05, 0.1) is 5.75 Å². The first-order valence-electron chi connectivity index (χ1n) is 8.10. The minimum absolute atomic E-state index is 0.222. The molecule has 4 rings (SSSR count). The molecule has 0 radical (unpaired) electrons. The Kier molecular flexibility index (Phi) is 5.37. The number of fused-ring (bicyclic) bond motifs is 1. The second-order valence-corrected chi connectivity index (χ2v) is 9.04. The van der Waals surface area contributed by atoms with E-state index in [4.69, 9.17) is 0 Å². The summed E-state index contributed by atoms with van der Waals surface area (Å²) in [7, 11) is 0. The first kappa shape index (κ1) is 18.3. The summed E-state index contributed by atoms with van der Waals surface area (Å²) in [6.07, 6.45) is 0. The molecule has 3 aromatic heterocycles. The summed E-state index contributed by atoms with van der Waals surface area (Å²) in [5, 5.41) is 14.5. The van der Waals surface area contributed by atoms with E-state index < -0.39 is 0 Å². The molecule has 27 heavy (non-hydrogen) atoms. The Bertz CT molecular complexity index is 1080. The molecule has 0 saturated carbocycles. The Morgan fingerprint density at radius 1 is 1.04 bits per heavy atom. The zero-order chi connectivity index (χ0) is 18.8. The van der Waals surface area contributed by atoms with E-state index in [-0.39, 0.29) is 5.82 Å². The van der Waals surface area contributed by atoms with Gasteiger partial charge >= 0.3 is 0 Å². The van der Waals surface area contributed by atoms with Crippen molar-refractivity contribution in [1.29, 1.82) is 0 Å². The molecule has 6 nitrogen and oxygen atoms in total. The molecule has 0 saturated heterocycles. The SMILES string of the molecule is Cc1cc(C)n2nc(SCc3nnc(SCc4ccc(F)cc4)s3)nc2n1. The van der Waals surface area contributed by atoms with Crippen molar-refractivity contribution in [2.45, 2.75) is 34.8 Å². The van der Waals surface area contributed by atoms with Gasteiger partial charge in [-0.1, -0.05) is 47.0 Å². The molecule has 0 N–H and O–H groups in total. The van der Waals surface area contributed by atoms with Crippen LogP contribution in [0.5, 0.6) is 0 Å². The lowest BCUT2D eigenvalue weighted by atomic mass is 10.2. The molecule has 0 fully saturated rings. The molecule has 0 aliphatic carbocycles. The highest BCUT2D eigenvalue weighted by Gasteiger charge is 2.11. The fraction of sp³-hybridized carbons (Fsp3) is 0.235. The van der Waals surface area contributed by atoms with Crippen molar-refractivity contribution >= 4 is 40.6 Å². The number of hydrogen-bond acceptors (Lipinski definition) is 8. The van der Waals surface area contributed by atoms with E-state index in [1.165, 1.54) is 23.9 Å². The van der Waals surface area contributed by atoms with Crippen LogP contribution in [0.3, 0.4) is 0 Å². The summed E-state index contributed by atoms with van der Waals surface area (Å²) in [6.45, 7) is 3.93. The highest BCUT2D eigenvalue weighted by Crippen LogP contribution is 2.29. The van der Waals surface area contributed by atoms with Gasteiger partial charge in [0.1, 0.15) is 10.8 Å². The lowest BCUT2D eigenvalue weighted by Crippen LogP contribution is -1.97. The van der Waals surface area contributed by atoms with Gasteiger partial charge in [-0.15, -0.1) is 15.3 Å². The van der Waals surface area contributed by atoms with E-state index in [2.05, 4.69) is 25.3 Å². The Hall–Kier alpha value is -2.04. The lowest BCUT2D eigenvalue weighted by Gasteiger charge is -1.97. The molecule has 4 aromatic rings. The van der Waals surface area contributed by atoms with Crippen LogP contribution in [0.25, 0.3) is 5.78 Å². The van der Waals surface area contributed by atoms with Crippen LogP contribution in [0, 0.1) is 19.7 Å². The average Bonchev–Trinajstić information content (AvgIpc) is 3.26. The third-order valence-electron chi connectivity index (χ3n) is 3.65. The predicted molar refractivity (Wildman–Crippen MR) is 106 cm³/mol. The molecule has 1 aromatic carbocycles. The molecule has 0 aliphatic rings. The predicted octanol–water partition coefficient (Wildman–Crippen LogP) is 4.32. The maximum atomic E-state index is 12.9. The molecule has 0 spiro atoms. The van der Waals surface area contributed by atoms with Crippen molar-refractivity contribution in [3.05, 3.63) is 58.1 Å². The first-order valence-corrected chi connectivity index (χ1v) is 10.9. The number of benzene rings is 1. The van der Waals surface area contributed by atoms with Crippen LogP contribution in [0.2, 0.25) is 0 Å². The maximum absolute atomic E-state index is 12.9. The number of thioether (sulfide) groups is 2. The molecule has 10 heteroatoms. The van der Waals surface area contributed by atoms with Crippen LogP contribution in [0.4, 0.5) is 4.39 Å². The third kappa shape index (κ3) is 4.45. The minimum Gasteiger partial charge on any atom is -0.216 e. The fourth-order valence-electron chi connectivity index (χ4n) is 2.42. The second-order valence-electron chi connectivity index (χ2n) is 5.81. The Balaban J connectivity index is 1.36. The monoisotopic (exact) mass is 418 g/mol. The second kappa shape index (κ2) is 7.91. The first-order chi connectivity index (χ1) is 13.1. The van der Waals surface area contributed by atoms with Gasteiger partial charge in [0.2, 0.25) is 5.16 Å². The quantitative estimate of drug-likeness (QED) is 0.432. The summed E-state index contributed by atoms with van der Waals surface area (Å²) in [6, 6.07) is 8.49. The topological polar surface area (TPSA) is 68.9 Å². The standard InChI is InChI=1S/C17H15FN6S3/c1-10-7-11(2)24-15(19-10)20-16(23-24)25-9-14-21-22-17(27-14)26-8-12-3-5-13(18)6-4-12/h3-7H,8-9H2,1-2H3. The largest absolute Gasteiger partial charge is 0.253 e. The zero-order valence-electron chi connectivity index (χ0n) is 14.6. The smallest absolute Gasteiger partial charge is 0.216 e. The summed E-state index contributed by atoms with van der Waals surface area (Å²) in [5.41, 5.74) is 2.99. The van der Waals surface area contributed by atoms with E-state index in [0.29, 0.717) is 16.7 Å². The summed E-state index contributed by atoms with van der Waals surface area (Å²) >= 11 is 4.67. The number of hydrogen-bond donors (Lipinski definition) is 0. The molecular formula is C17H15FN6S3. The van der Waals surface area contributed by atoms with Crippen LogP contribution in [-0.2, 0) is 11.5 Å². The molecule has 0 amide bonds. The van der Waals surface area contributed by atoms with E-state index in [1.807, 2.05) is 19.9 Å². The molecule has 0 atom stereocenters. The van der Waals surface area contributed by atoms with Gasteiger partial charge in [-0.2, -0.15) is 4.98 Å². The van der Waals surface area contributed by atoms with Gasteiger partial charge in [-0.3, -0.25) is 0 Å². The Morgan fingerprint density at radius 2 is 1.85 bits per heavy atom. The lowest BCUT2D eigenvalue weighted by molar-refractivity contribution is 0.627. The fourth-order valence-corrected chi connectivity index (χ4v) is 5.07. The molecule has 0 aliphatic heterocycles. The number of rotatable bonds is 6. The average molecular weight is 419 g/mol. The third-order valence-corrected chi connectivity index (χ3v) is 6.81. The molecule has 0 bridgehead atoms. The normalized spacial score (nSPS) is 11.4. The van der Waals surface area contributed by atoms with Gasteiger partial charge in [0.25, 0.3) is 5.78 Å². The Morgan fingerprint density at radius 3 is 2.67 bits per heavy atom. The Labute approximate surface area is 167 Å². The molecular weight excluding hydrogens is 403 g/mol. The van der Waals surface area contributed by atoms with E-state index in [1.54, 1.807) is 39.7 Å². The number of halogens is 1. The van der Waals surface area contributed by atoms with Crippen LogP contribution < -0.4 is 0 Å². The van der Waals surface area contributed by atoms with Gasteiger partial charge < -0.3 is 0 Å². The highest BCUT2D eigenvalue weighted by atomic mass is 32.2. The molecule has 138 valence electrons. The van der Waals surface area contributed by atoms with E-state index in [0.717, 1.165) is 32.1 Å². The molecule has 0 unspecified atom stereocenters. The van der Waals surface area contributed by atoms with Crippen LogP contribution in [-0.4, -0.2) is 29.8 Å². The van der Waals surface area contributed by atoms with Crippen molar-refractivity contribution in [1.82, 2.24) is 29.8 Å². The minimum atomic E-state index is -0.222. The maximum Gasteiger partial charge on any atom is 0.253 e. The van der Waals surface area contributed by atoms with Crippen LogP contribution >= 0.6 is 34.9 Å². The summed E-state index contributed by atoms with van der Waals surface area (Å²) in [4.78, 5) is 8.86. The number of aryl methyl sites for hydroxylation is 2. The van der Waals surface area contributed by atoms with Crippen LogP contribution in [0.15, 0.2) is 39.8 Å². The van der Waals surface area contributed by atoms with Crippen LogP contribution in [0.1, 0.15) is 22.0 Å². The molecule has 3 heterocycles. The van der Waals surface area contributed by atoms with Crippen molar-refractivity contribution in [2.24, 2.45) is 0 Å². The number of aromatic nitrogens is 6. The zero-order valence-corrected chi connectivity index (χ0v) is 17.0. The van der Waals surface area contributed by atoms with Crippen molar-refractivity contribution in [3.8, 4) is 0 Å². The van der Waals surface area contributed by atoms with E-state index >= 15 is 0 Å². The highest BCUT2D eigenvalue weighted by molar-refractivity contribution is 8.00. The van der Waals surface area contributed by atoms with Crippen molar-refractivity contribution in [3.63, 3.8) is 0 Å². The van der Waals surface area contributed by atoms with Gasteiger partial charge in [0, 0.05) is 17.1 Å². The van der Waals surface area contributed by atoms with E-state index in [9.17, 15) is 4.39 Å². The number of nitrogens with zero attached hydrogens (tertiary/aromatic N) is 6.